The van der Waals surface area contributed by atoms with Gasteiger partial charge in [0, 0.05) is 25.7 Å². The van der Waals surface area contributed by atoms with Gasteiger partial charge in [0.2, 0.25) is 15.9 Å². The van der Waals surface area contributed by atoms with E-state index in [0.717, 1.165) is 25.7 Å². The van der Waals surface area contributed by atoms with Crippen LogP contribution in [0, 0.1) is 0 Å². The number of rotatable bonds is 4. The number of nitrogens with two attached hydrogens (primary N) is 1. The van der Waals surface area contributed by atoms with Gasteiger partial charge in [0.15, 0.2) is 0 Å². The zero-order valence-corrected chi connectivity index (χ0v) is 15.1. The van der Waals surface area contributed by atoms with E-state index in [2.05, 4.69) is 0 Å². The van der Waals surface area contributed by atoms with Crippen LogP contribution in [0.2, 0.25) is 0 Å². The number of carbonyl (C=O) groups is 1. The third-order valence-corrected chi connectivity index (χ3v) is 6.23. The zero-order chi connectivity index (χ0) is 15.7. The number of hydrogen-bond donors (Lipinski definition) is 1. The van der Waals surface area contributed by atoms with E-state index in [-0.39, 0.29) is 24.4 Å². The molecular weight excluding hydrogens is 326 g/mol. The minimum absolute atomic E-state index is 0. The van der Waals surface area contributed by atoms with Crippen LogP contribution in [0.25, 0.3) is 0 Å². The van der Waals surface area contributed by atoms with Gasteiger partial charge in [-0.3, -0.25) is 4.79 Å². The third kappa shape index (κ3) is 4.13. The number of halogens is 1. The lowest BCUT2D eigenvalue weighted by atomic mass is 9.95. The fourth-order valence-electron chi connectivity index (χ4n) is 3.66. The van der Waals surface area contributed by atoms with Crippen molar-refractivity contribution in [2.45, 2.75) is 57.0 Å². The van der Waals surface area contributed by atoms with E-state index in [1.54, 1.807) is 4.31 Å². The molecule has 0 aromatic heterocycles. The normalized spacial score (nSPS) is 22.6. The van der Waals surface area contributed by atoms with E-state index in [9.17, 15) is 13.2 Å². The molecule has 8 heteroatoms. The van der Waals surface area contributed by atoms with Crippen LogP contribution in [0.3, 0.4) is 0 Å². The average molecular weight is 354 g/mol. The Morgan fingerprint density at radius 2 is 1.77 bits per heavy atom. The second kappa shape index (κ2) is 7.47. The highest BCUT2D eigenvalue weighted by Gasteiger charge is 2.41. The second-order valence-electron chi connectivity index (χ2n) is 6.35. The maximum absolute atomic E-state index is 12.5. The molecule has 1 amide bonds. The van der Waals surface area contributed by atoms with Crippen LogP contribution in [0.1, 0.15) is 45.4 Å². The first-order valence-electron chi connectivity index (χ1n) is 7.83. The van der Waals surface area contributed by atoms with Gasteiger partial charge in [-0.25, -0.2) is 8.42 Å². The molecule has 0 atom stereocenters. The summed E-state index contributed by atoms with van der Waals surface area (Å²) >= 11 is 0. The fourth-order valence-corrected chi connectivity index (χ4v) is 4.88. The monoisotopic (exact) mass is 353 g/mol. The lowest BCUT2D eigenvalue weighted by molar-refractivity contribution is -0.138. The number of sulfonamides is 1. The van der Waals surface area contributed by atoms with Crippen molar-refractivity contribution in [1.29, 1.82) is 0 Å². The molecule has 0 aromatic rings. The van der Waals surface area contributed by atoms with Gasteiger partial charge in [-0.05, 0) is 25.7 Å². The molecule has 1 heterocycles. The van der Waals surface area contributed by atoms with Gasteiger partial charge >= 0.3 is 0 Å². The fraction of sp³-hybridized carbons (Fsp3) is 0.929. The van der Waals surface area contributed by atoms with Gasteiger partial charge in [0.25, 0.3) is 0 Å². The SMILES string of the molecule is CCN(C1CCN(C(=O)C2(N)CCCC2)CC1)S(C)(=O)=O.Cl. The quantitative estimate of drug-likeness (QED) is 0.815. The maximum atomic E-state index is 12.5. The van der Waals surface area contributed by atoms with Crippen molar-refractivity contribution in [2.24, 2.45) is 5.73 Å². The van der Waals surface area contributed by atoms with Crippen molar-refractivity contribution in [3.63, 3.8) is 0 Å². The highest BCUT2D eigenvalue weighted by atomic mass is 35.5. The molecular formula is C14H28ClN3O3S. The van der Waals surface area contributed by atoms with E-state index < -0.39 is 15.6 Å². The van der Waals surface area contributed by atoms with Crippen LogP contribution >= 0.6 is 12.4 Å². The van der Waals surface area contributed by atoms with Crippen molar-refractivity contribution in [3.05, 3.63) is 0 Å². The van der Waals surface area contributed by atoms with Gasteiger partial charge in [0.05, 0.1) is 11.8 Å². The van der Waals surface area contributed by atoms with Gasteiger partial charge in [-0.2, -0.15) is 4.31 Å². The Bertz CT molecular complexity index is 484. The standard InChI is InChI=1S/C14H27N3O3S.ClH/c1-3-17(21(2,19)20)12-6-10-16(11-7-12)13(18)14(15)8-4-5-9-14;/h12H,3-11,15H2,1-2H3;1H. The molecule has 2 N–H and O–H groups in total. The van der Waals surface area contributed by atoms with E-state index >= 15 is 0 Å². The summed E-state index contributed by atoms with van der Waals surface area (Å²) in [6, 6.07) is 0.00588. The molecule has 2 rings (SSSR count). The minimum atomic E-state index is -3.17. The molecule has 0 radical (unpaired) electrons. The summed E-state index contributed by atoms with van der Waals surface area (Å²) in [6.07, 6.45) is 6.24. The first-order chi connectivity index (χ1) is 9.78. The Hall–Kier alpha value is -0.370. The summed E-state index contributed by atoms with van der Waals surface area (Å²) in [5, 5.41) is 0. The summed E-state index contributed by atoms with van der Waals surface area (Å²) in [7, 11) is -3.17. The smallest absolute Gasteiger partial charge is 0.242 e. The predicted molar refractivity (Wildman–Crippen MR) is 89.5 cm³/mol. The van der Waals surface area contributed by atoms with Gasteiger partial charge in [-0.1, -0.05) is 19.8 Å². The molecule has 2 aliphatic rings. The molecule has 130 valence electrons. The molecule has 0 aromatic carbocycles. The van der Waals surface area contributed by atoms with E-state index in [0.29, 0.717) is 32.5 Å². The minimum Gasteiger partial charge on any atom is -0.341 e. The number of carbonyl (C=O) groups excluding carboxylic acids is 1. The third-order valence-electron chi connectivity index (χ3n) is 4.82. The Balaban J connectivity index is 0.00000242. The number of amides is 1. The van der Waals surface area contributed by atoms with Crippen molar-refractivity contribution in [1.82, 2.24) is 9.21 Å². The molecule has 0 bridgehead atoms. The summed E-state index contributed by atoms with van der Waals surface area (Å²) < 4.78 is 25.1. The van der Waals surface area contributed by atoms with Crippen molar-refractivity contribution in [3.8, 4) is 0 Å². The molecule has 2 fully saturated rings. The first kappa shape index (κ1) is 19.7. The van der Waals surface area contributed by atoms with Crippen LogP contribution in [0.15, 0.2) is 0 Å². The van der Waals surface area contributed by atoms with Crippen LogP contribution in [0.4, 0.5) is 0 Å². The molecule has 0 unspecified atom stereocenters. The average Bonchev–Trinajstić information content (AvgIpc) is 2.86. The van der Waals surface area contributed by atoms with Crippen molar-refractivity contribution in [2.75, 3.05) is 25.9 Å². The van der Waals surface area contributed by atoms with Crippen molar-refractivity contribution >= 4 is 28.3 Å². The van der Waals surface area contributed by atoms with E-state index in [1.165, 1.54) is 6.26 Å². The first-order valence-corrected chi connectivity index (χ1v) is 9.68. The highest BCUT2D eigenvalue weighted by molar-refractivity contribution is 7.88. The predicted octanol–water partition coefficient (Wildman–Crippen LogP) is 0.952. The lowest BCUT2D eigenvalue weighted by Crippen LogP contribution is -2.57. The van der Waals surface area contributed by atoms with Crippen LogP contribution in [0.5, 0.6) is 0 Å². The molecule has 1 aliphatic carbocycles. The molecule has 1 aliphatic heterocycles. The Morgan fingerprint density at radius 3 is 2.18 bits per heavy atom. The zero-order valence-electron chi connectivity index (χ0n) is 13.5. The van der Waals surface area contributed by atoms with Crippen LogP contribution < -0.4 is 5.73 Å². The molecule has 0 spiro atoms. The lowest BCUT2D eigenvalue weighted by Gasteiger charge is -2.39. The van der Waals surface area contributed by atoms with Crippen LogP contribution in [-0.4, -0.2) is 61.0 Å². The Labute approximate surface area is 139 Å². The van der Waals surface area contributed by atoms with Gasteiger partial charge < -0.3 is 10.6 Å². The van der Waals surface area contributed by atoms with E-state index in [4.69, 9.17) is 5.73 Å². The Kier molecular flexibility index (Phi) is 6.68. The molecule has 22 heavy (non-hydrogen) atoms. The maximum Gasteiger partial charge on any atom is 0.242 e. The summed E-state index contributed by atoms with van der Waals surface area (Å²) in [4.78, 5) is 14.4. The van der Waals surface area contributed by atoms with Gasteiger partial charge in [0.1, 0.15) is 0 Å². The molecule has 6 nitrogen and oxygen atoms in total. The summed E-state index contributed by atoms with van der Waals surface area (Å²) in [5.74, 6) is 0.0563. The molecule has 1 saturated carbocycles. The number of piperidine rings is 1. The second-order valence-corrected chi connectivity index (χ2v) is 8.29. The topological polar surface area (TPSA) is 83.7 Å². The number of hydrogen-bond acceptors (Lipinski definition) is 4. The van der Waals surface area contributed by atoms with Gasteiger partial charge in [-0.15, -0.1) is 12.4 Å². The number of nitrogens with zero attached hydrogens (tertiary/aromatic N) is 2. The number of likely N-dealkylation sites (tertiary alicyclic amines) is 1. The van der Waals surface area contributed by atoms with Crippen molar-refractivity contribution < 1.29 is 13.2 Å². The summed E-state index contributed by atoms with van der Waals surface area (Å²) in [5.41, 5.74) is 5.55. The largest absolute Gasteiger partial charge is 0.341 e. The summed E-state index contributed by atoms with van der Waals surface area (Å²) in [6.45, 7) is 3.55. The van der Waals surface area contributed by atoms with E-state index in [1.807, 2.05) is 11.8 Å². The highest BCUT2D eigenvalue weighted by Crippen LogP contribution is 2.30. The molecule has 1 saturated heterocycles. The Morgan fingerprint density at radius 1 is 1.27 bits per heavy atom. The van der Waals surface area contributed by atoms with Crippen LogP contribution in [-0.2, 0) is 14.8 Å².